The summed E-state index contributed by atoms with van der Waals surface area (Å²) in [7, 11) is -1.33. The number of nitrogens with zero attached hydrogens (tertiary/aromatic N) is 3. The Bertz CT molecular complexity index is 2890. The van der Waals surface area contributed by atoms with Gasteiger partial charge in [0.25, 0.3) is 0 Å². The van der Waals surface area contributed by atoms with E-state index in [-0.39, 0.29) is 20.1 Å². The molecular formula is C58H61IrN3OSi. The first kappa shape index (κ1) is 47.7. The SMILES string of the molecule is CC(C)C(C)c1ccnc(-c2ccc(-c3ccccc3)c3c2oc2ccccc23)c1.CC(C)c1cc(-c2ccccc2)ncc1[Si](C)(C)C.CCc1ccnc(-c2ccccc2)c1.[Ir]. The molecule has 0 amide bonds. The molecule has 4 heterocycles. The van der Waals surface area contributed by atoms with Gasteiger partial charge in [-0.1, -0.05) is 176 Å². The molecule has 0 saturated heterocycles. The van der Waals surface area contributed by atoms with E-state index in [0.29, 0.717) is 17.8 Å². The molecule has 64 heavy (non-hydrogen) atoms. The molecular weight excluding hydrogens is 975 g/mol. The van der Waals surface area contributed by atoms with Crippen LogP contribution in [0.2, 0.25) is 19.6 Å². The van der Waals surface area contributed by atoms with E-state index in [1.54, 1.807) is 0 Å². The van der Waals surface area contributed by atoms with E-state index < -0.39 is 8.07 Å². The van der Waals surface area contributed by atoms with Gasteiger partial charge < -0.3 is 4.42 Å². The van der Waals surface area contributed by atoms with Crippen molar-refractivity contribution in [1.29, 1.82) is 0 Å². The molecule has 327 valence electrons. The fraction of sp³-hybridized carbons (Fsp3) is 0.224. The molecule has 0 aliphatic heterocycles. The number of hydrogen-bond acceptors (Lipinski definition) is 4. The number of aryl methyl sites for hydroxylation is 1. The van der Waals surface area contributed by atoms with Crippen LogP contribution in [0.3, 0.4) is 0 Å². The van der Waals surface area contributed by atoms with Crippen molar-refractivity contribution >= 4 is 35.2 Å². The van der Waals surface area contributed by atoms with Crippen LogP contribution in [0.4, 0.5) is 0 Å². The van der Waals surface area contributed by atoms with Gasteiger partial charge >= 0.3 is 0 Å². The molecule has 4 nitrogen and oxygen atoms in total. The number of rotatable bonds is 9. The van der Waals surface area contributed by atoms with E-state index in [1.807, 2.05) is 54.9 Å². The zero-order valence-corrected chi connectivity index (χ0v) is 42.2. The minimum atomic E-state index is -1.33. The average Bonchev–Trinajstić information content (AvgIpc) is 3.72. The van der Waals surface area contributed by atoms with Gasteiger partial charge in [0, 0.05) is 66.2 Å². The maximum atomic E-state index is 6.41. The molecule has 0 saturated carbocycles. The predicted octanol–water partition coefficient (Wildman–Crippen LogP) is 15.8. The second kappa shape index (κ2) is 21.7. The number of fused-ring (bicyclic) bond motifs is 3. The summed E-state index contributed by atoms with van der Waals surface area (Å²) in [5, 5.41) is 3.78. The van der Waals surface area contributed by atoms with Crippen LogP contribution < -0.4 is 5.19 Å². The van der Waals surface area contributed by atoms with Crippen LogP contribution in [-0.2, 0) is 26.5 Å². The van der Waals surface area contributed by atoms with E-state index in [9.17, 15) is 0 Å². The summed E-state index contributed by atoms with van der Waals surface area (Å²) in [6, 6.07) is 54.7. The molecule has 0 spiro atoms. The van der Waals surface area contributed by atoms with Crippen LogP contribution in [0.25, 0.3) is 66.8 Å². The molecule has 4 aromatic heterocycles. The first-order valence-electron chi connectivity index (χ1n) is 22.4. The Morgan fingerprint density at radius 1 is 0.547 bits per heavy atom. The third kappa shape index (κ3) is 11.3. The molecule has 0 bridgehead atoms. The van der Waals surface area contributed by atoms with Gasteiger partial charge in [-0.2, -0.15) is 0 Å². The van der Waals surface area contributed by atoms with Gasteiger partial charge in [-0.05, 0) is 99.6 Å². The van der Waals surface area contributed by atoms with Crippen molar-refractivity contribution < 1.29 is 24.5 Å². The minimum Gasteiger partial charge on any atom is -0.455 e. The quantitative estimate of drug-likeness (QED) is 0.135. The Balaban J connectivity index is 0.000000172. The fourth-order valence-corrected chi connectivity index (χ4v) is 9.63. The molecule has 0 fully saturated rings. The molecule has 0 N–H and O–H groups in total. The number of hydrogen-bond donors (Lipinski definition) is 0. The summed E-state index contributed by atoms with van der Waals surface area (Å²) in [6.07, 6.45) is 6.97. The van der Waals surface area contributed by atoms with E-state index >= 15 is 0 Å². The normalized spacial score (nSPS) is 11.7. The molecule has 1 atom stereocenters. The maximum Gasteiger partial charge on any atom is 0.145 e. The van der Waals surface area contributed by atoms with Gasteiger partial charge in [-0.3, -0.25) is 15.0 Å². The van der Waals surface area contributed by atoms with Crippen molar-refractivity contribution in [2.45, 2.75) is 79.4 Å². The monoisotopic (exact) mass is 1040 g/mol. The van der Waals surface area contributed by atoms with Gasteiger partial charge in [0.2, 0.25) is 0 Å². The van der Waals surface area contributed by atoms with Crippen molar-refractivity contribution in [1.82, 2.24) is 15.0 Å². The van der Waals surface area contributed by atoms with Crippen molar-refractivity contribution in [3.63, 3.8) is 0 Å². The molecule has 9 aromatic rings. The van der Waals surface area contributed by atoms with Crippen LogP contribution in [0.15, 0.2) is 181 Å². The zero-order valence-electron chi connectivity index (χ0n) is 38.8. The van der Waals surface area contributed by atoms with Crippen molar-refractivity contribution in [3.05, 3.63) is 193 Å². The van der Waals surface area contributed by atoms with Crippen molar-refractivity contribution in [2.24, 2.45) is 5.92 Å². The Kier molecular flexibility index (Phi) is 16.2. The Hall–Kier alpha value is -5.78. The summed E-state index contributed by atoms with van der Waals surface area (Å²) in [5.74, 6) is 1.60. The average molecular weight is 1040 g/mol. The van der Waals surface area contributed by atoms with Gasteiger partial charge in [-0.25, -0.2) is 0 Å². The van der Waals surface area contributed by atoms with Crippen molar-refractivity contribution in [2.75, 3.05) is 0 Å². The second-order valence-corrected chi connectivity index (χ2v) is 23.1. The van der Waals surface area contributed by atoms with Crippen LogP contribution in [-0.4, -0.2) is 23.0 Å². The molecule has 0 aliphatic rings. The maximum absolute atomic E-state index is 6.41. The largest absolute Gasteiger partial charge is 0.455 e. The van der Waals surface area contributed by atoms with Gasteiger partial charge in [0.05, 0.1) is 25.2 Å². The van der Waals surface area contributed by atoms with Crippen LogP contribution in [0.5, 0.6) is 0 Å². The summed E-state index contributed by atoms with van der Waals surface area (Å²) in [6.45, 7) is 20.7. The van der Waals surface area contributed by atoms with Crippen LogP contribution in [0, 0.1) is 5.92 Å². The van der Waals surface area contributed by atoms with Gasteiger partial charge in [-0.15, -0.1) is 0 Å². The van der Waals surface area contributed by atoms with E-state index in [0.717, 1.165) is 51.0 Å². The third-order valence-electron chi connectivity index (χ3n) is 11.9. The molecule has 1 unspecified atom stereocenters. The van der Waals surface area contributed by atoms with E-state index in [1.165, 1.54) is 44.1 Å². The summed E-state index contributed by atoms with van der Waals surface area (Å²) >= 11 is 0. The Labute approximate surface area is 395 Å². The Morgan fingerprint density at radius 3 is 1.69 bits per heavy atom. The Morgan fingerprint density at radius 2 is 1.09 bits per heavy atom. The number of furan rings is 1. The van der Waals surface area contributed by atoms with E-state index in [2.05, 4.69) is 188 Å². The van der Waals surface area contributed by atoms with Crippen LogP contribution >= 0.6 is 0 Å². The number of para-hydroxylation sites is 1. The van der Waals surface area contributed by atoms with E-state index in [4.69, 9.17) is 14.4 Å². The minimum absolute atomic E-state index is 0. The number of aromatic nitrogens is 3. The van der Waals surface area contributed by atoms with Crippen LogP contribution in [0.1, 0.15) is 70.1 Å². The summed E-state index contributed by atoms with van der Waals surface area (Å²) in [4.78, 5) is 13.8. The fourth-order valence-electron chi connectivity index (χ4n) is 7.95. The first-order chi connectivity index (χ1) is 30.4. The third-order valence-corrected chi connectivity index (χ3v) is 14.0. The molecule has 1 radical (unpaired) electrons. The topological polar surface area (TPSA) is 51.8 Å². The molecule has 9 rings (SSSR count). The first-order valence-corrected chi connectivity index (χ1v) is 25.9. The standard InChI is InChI=1S/C28H25NO.C17H23NSi.C13H13N.Ir/c1-18(2)19(3)21-15-16-29-25(17-21)23-14-13-22(20-9-5-4-6-10-20)27-24-11-7-8-12-26(24)30-28(23)27;1-13(2)15-11-16(14-9-7-6-8-10-14)18-12-17(15)19(3,4)5;1-2-11-8-9-14-13(10-11)12-6-4-3-5-7-12;/h4-19H,1-3H3;6-13H,1-5H3;3-10H,2H2,1H3;. The zero-order chi connectivity index (χ0) is 44.5. The van der Waals surface area contributed by atoms with Gasteiger partial charge in [0.15, 0.2) is 0 Å². The predicted molar refractivity (Wildman–Crippen MR) is 271 cm³/mol. The smallest absolute Gasteiger partial charge is 0.145 e. The molecule has 6 heteroatoms. The number of benzene rings is 5. The van der Waals surface area contributed by atoms with Gasteiger partial charge in [0.1, 0.15) is 11.2 Å². The summed E-state index contributed by atoms with van der Waals surface area (Å²) in [5.41, 5.74) is 14.8. The molecule has 0 aliphatic carbocycles. The second-order valence-electron chi connectivity index (χ2n) is 18.0. The van der Waals surface area contributed by atoms with Crippen molar-refractivity contribution in [3.8, 4) is 44.9 Å². The molecule has 5 aromatic carbocycles. The summed E-state index contributed by atoms with van der Waals surface area (Å²) < 4.78 is 6.41. The number of pyridine rings is 3.